The Bertz CT molecular complexity index is 347. The standard InChI is InChI=1S/C13H25N3O4/c1-4-8(3)11(16-13(14)20)12(19)15-7-9(5-2)6-10(17)18/h8-9,11H,4-7H2,1-3H3,(H,15,19)(H,17,18)(H3,14,16,20). The zero-order valence-corrected chi connectivity index (χ0v) is 12.3. The van der Waals surface area contributed by atoms with E-state index in [1.807, 2.05) is 20.8 Å². The fraction of sp³-hybridized carbons (Fsp3) is 0.769. The lowest BCUT2D eigenvalue weighted by Crippen LogP contribution is -2.52. The number of aliphatic carboxylic acids is 1. The molecule has 7 nitrogen and oxygen atoms in total. The lowest BCUT2D eigenvalue weighted by molar-refractivity contribution is -0.138. The van der Waals surface area contributed by atoms with Crippen LogP contribution < -0.4 is 16.4 Å². The van der Waals surface area contributed by atoms with Crippen LogP contribution in [0.2, 0.25) is 0 Å². The molecule has 7 heteroatoms. The van der Waals surface area contributed by atoms with E-state index in [1.165, 1.54) is 0 Å². The van der Waals surface area contributed by atoms with E-state index in [0.29, 0.717) is 12.8 Å². The SMILES string of the molecule is CCC(CNC(=O)C(NC(N)=O)C(C)CC)CC(=O)O. The molecule has 5 N–H and O–H groups in total. The maximum Gasteiger partial charge on any atom is 0.312 e. The summed E-state index contributed by atoms with van der Waals surface area (Å²) in [5.41, 5.74) is 5.06. The van der Waals surface area contributed by atoms with Crippen molar-refractivity contribution < 1.29 is 19.5 Å². The number of carbonyl (C=O) groups excluding carboxylic acids is 2. The van der Waals surface area contributed by atoms with Crippen LogP contribution in [0.25, 0.3) is 0 Å². The normalized spacial score (nSPS) is 14.9. The number of rotatable bonds is 9. The molecule has 20 heavy (non-hydrogen) atoms. The van der Waals surface area contributed by atoms with Gasteiger partial charge < -0.3 is 21.5 Å². The first-order chi connectivity index (χ1) is 9.31. The number of amides is 3. The van der Waals surface area contributed by atoms with Crippen molar-refractivity contribution >= 4 is 17.9 Å². The summed E-state index contributed by atoms with van der Waals surface area (Å²) in [7, 11) is 0. The zero-order chi connectivity index (χ0) is 15.7. The third-order valence-corrected chi connectivity index (χ3v) is 3.40. The molecule has 3 atom stereocenters. The van der Waals surface area contributed by atoms with E-state index >= 15 is 0 Å². The second kappa shape index (κ2) is 9.17. The molecule has 0 radical (unpaired) electrons. The highest BCUT2D eigenvalue weighted by atomic mass is 16.4. The van der Waals surface area contributed by atoms with Crippen LogP contribution in [0.4, 0.5) is 4.79 Å². The van der Waals surface area contributed by atoms with E-state index in [4.69, 9.17) is 10.8 Å². The number of urea groups is 1. The summed E-state index contributed by atoms with van der Waals surface area (Å²) in [4.78, 5) is 33.6. The zero-order valence-electron chi connectivity index (χ0n) is 12.3. The number of carboxylic acids is 1. The minimum absolute atomic E-state index is 0.00796. The molecule has 0 heterocycles. The number of primary amides is 1. The second-order valence-electron chi connectivity index (χ2n) is 4.99. The van der Waals surface area contributed by atoms with E-state index in [1.54, 1.807) is 0 Å². The molecule has 116 valence electrons. The van der Waals surface area contributed by atoms with Crippen molar-refractivity contribution in [3.63, 3.8) is 0 Å². The molecule has 0 aliphatic rings. The third-order valence-electron chi connectivity index (χ3n) is 3.40. The fourth-order valence-electron chi connectivity index (χ4n) is 1.82. The second-order valence-corrected chi connectivity index (χ2v) is 4.99. The van der Waals surface area contributed by atoms with Gasteiger partial charge in [0.1, 0.15) is 6.04 Å². The van der Waals surface area contributed by atoms with Gasteiger partial charge in [-0.1, -0.05) is 33.6 Å². The first-order valence-corrected chi connectivity index (χ1v) is 6.87. The molecule has 0 saturated carbocycles. The van der Waals surface area contributed by atoms with Gasteiger partial charge >= 0.3 is 12.0 Å². The van der Waals surface area contributed by atoms with Crippen LogP contribution in [0.15, 0.2) is 0 Å². The number of carboxylic acid groups (broad SMARTS) is 1. The summed E-state index contributed by atoms with van der Waals surface area (Å²) in [6, 6.07) is -1.44. The monoisotopic (exact) mass is 287 g/mol. The van der Waals surface area contributed by atoms with Gasteiger partial charge in [0.25, 0.3) is 0 Å². The minimum Gasteiger partial charge on any atom is -0.481 e. The van der Waals surface area contributed by atoms with Gasteiger partial charge in [0.15, 0.2) is 0 Å². The van der Waals surface area contributed by atoms with Crippen LogP contribution in [-0.4, -0.2) is 35.6 Å². The predicted octanol–water partition coefficient (Wildman–Crippen LogP) is 0.687. The van der Waals surface area contributed by atoms with E-state index in [0.717, 1.165) is 0 Å². The van der Waals surface area contributed by atoms with Gasteiger partial charge in [0, 0.05) is 13.0 Å². The number of nitrogens with one attached hydrogen (secondary N) is 2. The Morgan fingerprint density at radius 1 is 1.20 bits per heavy atom. The first-order valence-electron chi connectivity index (χ1n) is 6.87. The number of nitrogens with two attached hydrogens (primary N) is 1. The molecule has 0 aliphatic heterocycles. The van der Waals surface area contributed by atoms with Gasteiger partial charge in [-0.2, -0.15) is 0 Å². The highest BCUT2D eigenvalue weighted by molar-refractivity contribution is 5.86. The number of hydrogen-bond acceptors (Lipinski definition) is 3. The lowest BCUT2D eigenvalue weighted by Gasteiger charge is -2.23. The summed E-state index contributed by atoms with van der Waals surface area (Å²) in [5, 5.41) is 13.9. The van der Waals surface area contributed by atoms with E-state index in [-0.39, 0.29) is 30.7 Å². The highest BCUT2D eigenvalue weighted by Gasteiger charge is 2.25. The average Bonchev–Trinajstić information content (AvgIpc) is 2.38. The van der Waals surface area contributed by atoms with Crippen molar-refractivity contribution in [2.75, 3.05) is 6.54 Å². The molecular formula is C13H25N3O4. The fourth-order valence-corrected chi connectivity index (χ4v) is 1.82. The van der Waals surface area contributed by atoms with Crippen LogP contribution in [0.5, 0.6) is 0 Å². The number of carbonyl (C=O) groups is 3. The van der Waals surface area contributed by atoms with Crippen molar-refractivity contribution in [1.29, 1.82) is 0 Å². The van der Waals surface area contributed by atoms with Gasteiger partial charge in [-0.05, 0) is 11.8 Å². The van der Waals surface area contributed by atoms with Crippen LogP contribution in [0.1, 0.15) is 40.0 Å². The van der Waals surface area contributed by atoms with Crippen LogP contribution in [0.3, 0.4) is 0 Å². The maximum atomic E-state index is 12.1. The first kappa shape index (κ1) is 18.2. The van der Waals surface area contributed by atoms with Crippen molar-refractivity contribution in [2.24, 2.45) is 17.6 Å². The Morgan fingerprint density at radius 2 is 1.80 bits per heavy atom. The van der Waals surface area contributed by atoms with Gasteiger partial charge in [0.2, 0.25) is 5.91 Å². The Balaban J connectivity index is 4.51. The molecule has 0 aromatic heterocycles. The van der Waals surface area contributed by atoms with Crippen LogP contribution in [0, 0.1) is 11.8 Å². The summed E-state index contributed by atoms with van der Waals surface area (Å²) in [6.07, 6.45) is 1.38. The van der Waals surface area contributed by atoms with Crippen molar-refractivity contribution in [1.82, 2.24) is 10.6 Å². The Kier molecular flexibility index (Phi) is 8.35. The summed E-state index contributed by atoms with van der Waals surface area (Å²) >= 11 is 0. The molecular weight excluding hydrogens is 262 g/mol. The summed E-state index contributed by atoms with van der Waals surface area (Å²) in [5.74, 6) is -1.40. The smallest absolute Gasteiger partial charge is 0.312 e. The molecule has 3 amide bonds. The van der Waals surface area contributed by atoms with Crippen LogP contribution in [-0.2, 0) is 9.59 Å². The van der Waals surface area contributed by atoms with Gasteiger partial charge in [-0.3, -0.25) is 9.59 Å². The average molecular weight is 287 g/mol. The lowest BCUT2D eigenvalue weighted by atomic mass is 9.97. The van der Waals surface area contributed by atoms with E-state index in [2.05, 4.69) is 10.6 Å². The van der Waals surface area contributed by atoms with Gasteiger partial charge in [0.05, 0.1) is 0 Å². The minimum atomic E-state index is -0.889. The van der Waals surface area contributed by atoms with Gasteiger partial charge in [-0.25, -0.2) is 4.79 Å². The Hall–Kier alpha value is -1.79. The molecule has 3 unspecified atom stereocenters. The molecule has 0 fully saturated rings. The number of hydrogen-bond donors (Lipinski definition) is 4. The van der Waals surface area contributed by atoms with Crippen LogP contribution >= 0.6 is 0 Å². The summed E-state index contributed by atoms with van der Waals surface area (Å²) < 4.78 is 0. The van der Waals surface area contributed by atoms with Gasteiger partial charge in [-0.15, -0.1) is 0 Å². The quantitative estimate of drug-likeness (QED) is 0.498. The molecule has 0 bridgehead atoms. The topological polar surface area (TPSA) is 122 Å². The predicted molar refractivity (Wildman–Crippen MR) is 75.0 cm³/mol. The largest absolute Gasteiger partial charge is 0.481 e. The molecule has 0 saturated heterocycles. The Labute approximate surface area is 119 Å². The molecule has 0 rings (SSSR count). The van der Waals surface area contributed by atoms with E-state index < -0.39 is 18.0 Å². The summed E-state index contributed by atoms with van der Waals surface area (Å²) in [6.45, 7) is 5.89. The van der Waals surface area contributed by atoms with Crippen molar-refractivity contribution in [3.8, 4) is 0 Å². The highest BCUT2D eigenvalue weighted by Crippen LogP contribution is 2.10. The molecule has 0 aromatic rings. The third kappa shape index (κ3) is 6.96. The maximum absolute atomic E-state index is 12.1. The molecule has 0 aliphatic carbocycles. The van der Waals surface area contributed by atoms with Crippen molar-refractivity contribution in [3.05, 3.63) is 0 Å². The Morgan fingerprint density at radius 3 is 2.20 bits per heavy atom. The molecule has 0 spiro atoms. The molecule has 0 aromatic carbocycles. The van der Waals surface area contributed by atoms with E-state index in [9.17, 15) is 14.4 Å². The van der Waals surface area contributed by atoms with Crippen molar-refractivity contribution in [2.45, 2.75) is 46.1 Å².